The minimum absolute atomic E-state index is 0.0956. The van der Waals surface area contributed by atoms with E-state index < -0.39 is 5.60 Å². The summed E-state index contributed by atoms with van der Waals surface area (Å²) in [5.74, 6) is 12.7. The van der Waals surface area contributed by atoms with Crippen molar-refractivity contribution in [2.45, 2.75) is 88.2 Å². The van der Waals surface area contributed by atoms with Crippen molar-refractivity contribution in [3.05, 3.63) is 41.5 Å². The Labute approximate surface area is 240 Å². The maximum atomic E-state index is 12.3. The molecule has 1 spiro atoms. The molecule has 206 valence electrons. The van der Waals surface area contributed by atoms with Gasteiger partial charge < -0.3 is 10.0 Å². The molecule has 2 nitrogen and oxygen atoms in total. The summed E-state index contributed by atoms with van der Waals surface area (Å²) in [6.07, 6.45) is 11.0. The van der Waals surface area contributed by atoms with Gasteiger partial charge in [0.15, 0.2) is 0 Å². The average molecular weight is 550 g/mol. The van der Waals surface area contributed by atoms with Crippen molar-refractivity contribution in [2.75, 3.05) is 30.5 Å². The molecule has 1 aromatic carbocycles. The smallest absolute Gasteiger partial charge is 0.131 e. The number of nitrogens with zero attached hydrogens (tertiary/aromatic N) is 1. The molecule has 1 saturated heterocycles. The Morgan fingerprint density at radius 3 is 2.34 bits per heavy atom. The number of thioether (sulfide) groups is 2. The fraction of sp³-hybridized carbons (Fsp3) is 0.706. The van der Waals surface area contributed by atoms with Gasteiger partial charge in [0.25, 0.3) is 0 Å². The molecule has 6 rings (SSSR count). The van der Waals surface area contributed by atoms with Gasteiger partial charge in [-0.3, -0.25) is 0 Å². The molecule has 7 atom stereocenters. The van der Waals surface area contributed by atoms with Crippen LogP contribution < -0.4 is 4.90 Å². The summed E-state index contributed by atoms with van der Waals surface area (Å²) in [5, 5.41) is 12.3. The lowest BCUT2D eigenvalue weighted by Crippen LogP contribution is -2.55. The minimum Gasteiger partial charge on any atom is -0.378 e. The van der Waals surface area contributed by atoms with E-state index in [0.29, 0.717) is 33.7 Å². The van der Waals surface area contributed by atoms with Gasteiger partial charge in [-0.05, 0) is 113 Å². The summed E-state index contributed by atoms with van der Waals surface area (Å²) in [5.41, 5.74) is 3.38. The molecule has 4 aliphatic carbocycles. The van der Waals surface area contributed by atoms with Crippen LogP contribution in [0.4, 0.5) is 5.69 Å². The van der Waals surface area contributed by atoms with E-state index in [1.807, 2.05) is 0 Å². The highest BCUT2D eigenvalue weighted by molar-refractivity contribution is 8.21. The molecule has 38 heavy (non-hydrogen) atoms. The summed E-state index contributed by atoms with van der Waals surface area (Å²) in [6.45, 7) is 8.90. The highest BCUT2D eigenvalue weighted by atomic mass is 32.2. The summed E-state index contributed by atoms with van der Waals surface area (Å²) >= 11 is 4.42. The van der Waals surface area contributed by atoms with Gasteiger partial charge in [0.2, 0.25) is 0 Å². The molecule has 1 aliphatic heterocycles. The molecule has 1 aromatic rings. The summed E-state index contributed by atoms with van der Waals surface area (Å²) in [6, 6.07) is 9.42. The van der Waals surface area contributed by atoms with Crippen LogP contribution in [0.15, 0.2) is 35.9 Å². The molecule has 0 radical (unpaired) electrons. The number of allylic oxidation sites excluding steroid dienone is 1. The summed E-state index contributed by atoms with van der Waals surface area (Å²) < 4.78 is 0.362. The van der Waals surface area contributed by atoms with Crippen LogP contribution in [0.3, 0.4) is 0 Å². The van der Waals surface area contributed by atoms with Crippen molar-refractivity contribution in [3.8, 4) is 11.8 Å². The lowest BCUT2D eigenvalue weighted by molar-refractivity contribution is -0.0958. The van der Waals surface area contributed by atoms with Gasteiger partial charge in [-0.2, -0.15) is 0 Å². The first-order chi connectivity index (χ1) is 17.9. The molecular formula is C34H47NOS2. The zero-order chi connectivity index (χ0) is 26.9. The van der Waals surface area contributed by atoms with Crippen molar-refractivity contribution in [1.82, 2.24) is 0 Å². The summed E-state index contributed by atoms with van der Waals surface area (Å²) in [7, 11) is 4.25. The third-order valence-electron chi connectivity index (χ3n) is 10.9. The fourth-order valence-corrected chi connectivity index (χ4v) is 12.2. The Bertz CT molecular complexity index is 1150. The SMILES string of the molecule is CN(C)c1ccc([C@H]2C[C@@]3(C)[C@@H](CC[C@@]3(O)C#CC(C)(C)C)[C@@H]3CCC4=CC5(CC[C@@H]4[C@H]32)SCCS5)cc1. The molecule has 0 bridgehead atoms. The molecule has 4 heteroatoms. The van der Waals surface area contributed by atoms with Gasteiger partial charge in [0, 0.05) is 42.1 Å². The molecule has 4 fully saturated rings. The van der Waals surface area contributed by atoms with Gasteiger partial charge in [0.05, 0.1) is 4.08 Å². The zero-order valence-corrected chi connectivity index (χ0v) is 26.0. The Balaban J connectivity index is 1.41. The van der Waals surface area contributed by atoms with E-state index in [2.05, 4.69) is 112 Å². The van der Waals surface area contributed by atoms with Crippen LogP contribution in [-0.2, 0) is 0 Å². The number of benzene rings is 1. The van der Waals surface area contributed by atoms with Gasteiger partial charge in [0.1, 0.15) is 5.60 Å². The van der Waals surface area contributed by atoms with Crippen LogP contribution in [-0.4, -0.2) is 40.4 Å². The van der Waals surface area contributed by atoms with Crippen molar-refractivity contribution >= 4 is 29.2 Å². The maximum absolute atomic E-state index is 12.3. The Morgan fingerprint density at radius 1 is 0.974 bits per heavy atom. The van der Waals surface area contributed by atoms with Crippen LogP contribution in [0, 0.1) is 46.3 Å². The van der Waals surface area contributed by atoms with E-state index in [4.69, 9.17) is 0 Å². The standard InChI is InChI=1S/C34H47NOS2/c1-31(2,3)17-18-33(36)15-14-29-27-12-9-24-21-34(37-19-20-38-34)16-13-26(24)30(27)28(22-32(29,33)4)23-7-10-25(11-8-23)35(5)6/h7-8,10-11,21,26-30,36H,9,12-16,19-20,22H2,1-6H3/t26-,27-,28+,29-,30+,32-,33+/m0/s1. The minimum atomic E-state index is -0.887. The van der Waals surface area contributed by atoms with E-state index in [9.17, 15) is 5.11 Å². The van der Waals surface area contributed by atoms with E-state index in [1.165, 1.54) is 48.4 Å². The number of aliphatic hydroxyl groups is 1. The first-order valence-corrected chi connectivity index (χ1v) is 16.9. The lowest BCUT2D eigenvalue weighted by Gasteiger charge is -2.58. The van der Waals surface area contributed by atoms with Crippen molar-refractivity contribution in [2.24, 2.45) is 34.5 Å². The van der Waals surface area contributed by atoms with Gasteiger partial charge in [-0.25, -0.2) is 0 Å². The van der Waals surface area contributed by atoms with Crippen LogP contribution >= 0.6 is 23.5 Å². The van der Waals surface area contributed by atoms with Gasteiger partial charge in [-0.15, -0.1) is 23.5 Å². The number of anilines is 1. The van der Waals surface area contributed by atoms with Crippen molar-refractivity contribution in [3.63, 3.8) is 0 Å². The van der Waals surface area contributed by atoms with Crippen LogP contribution in [0.2, 0.25) is 0 Å². The fourth-order valence-electron chi connectivity index (χ4n) is 9.00. The predicted molar refractivity (Wildman–Crippen MR) is 166 cm³/mol. The second-order valence-electron chi connectivity index (χ2n) is 14.4. The molecule has 5 aliphatic rings. The van der Waals surface area contributed by atoms with E-state index in [0.717, 1.165) is 19.3 Å². The Hall–Kier alpha value is -1.02. The van der Waals surface area contributed by atoms with Crippen molar-refractivity contribution < 1.29 is 5.11 Å². The second kappa shape index (κ2) is 9.53. The lowest BCUT2D eigenvalue weighted by atomic mass is 9.46. The molecule has 0 unspecified atom stereocenters. The van der Waals surface area contributed by atoms with Gasteiger partial charge >= 0.3 is 0 Å². The topological polar surface area (TPSA) is 23.5 Å². The van der Waals surface area contributed by atoms with E-state index in [-0.39, 0.29) is 10.8 Å². The van der Waals surface area contributed by atoms with Crippen molar-refractivity contribution in [1.29, 1.82) is 0 Å². The monoisotopic (exact) mass is 549 g/mol. The quantitative estimate of drug-likeness (QED) is 0.298. The van der Waals surface area contributed by atoms with Crippen LogP contribution in [0.5, 0.6) is 0 Å². The molecule has 1 N–H and O–H groups in total. The predicted octanol–water partition coefficient (Wildman–Crippen LogP) is 7.98. The number of rotatable bonds is 2. The molecule has 3 saturated carbocycles. The van der Waals surface area contributed by atoms with Crippen LogP contribution in [0.25, 0.3) is 0 Å². The Morgan fingerprint density at radius 2 is 1.68 bits per heavy atom. The normalized spacial score (nSPS) is 39.4. The largest absolute Gasteiger partial charge is 0.378 e. The number of hydrogen-bond acceptors (Lipinski definition) is 4. The van der Waals surface area contributed by atoms with E-state index in [1.54, 1.807) is 5.57 Å². The third-order valence-corrected chi connectivity index (χ3v) is 14.3. The van der Waals surface area contributed by atoms with E-state index >= 15 is 0 Å². The first kappa shape index (κ1) is 27.2. The highest BCUT2D eigenvalue weighted by Gasteiger charge is 2.64. The Kier molecular flexibility index (Phi) is 6.81. The molecular weight excluding hydrogens is 503 g/mol. The van der Waals surface area contributed by atoms with Gasteiger partial charge in [-0.1, -0.05) is 42.5 Å². The average Bonchev–Trinajstić information content (AvgIpc) is 3.43. The third kappa shape index (κ3) is 4.48. The zero-order valence-electron chi connectivity index (χ0n) is 24.3. The molecule has 0 amide bonds. The second-order valence-corrected chi connectivity index (χ2v) is 17.5. The molecule has 0 aromatic heterocycles. The first-order valence-electron chi connectivity index (χ1n) is 15.0. The van der Waals surface area contributed by atoms with Crippen LogP contribution in [0.1, 0.15) is 84.1 Å². The number of hydrogen-bond donors (Lipinski definition) is 1. The summed E-state index contributed by atoms with van der Waals surface area (Å²) in [4.78, 5) is 2.20. The molecule has 1 heterocycles. The number of fused-ring (bicyclic) bond motifs is 5. The maximum Gasteiger partial charge on any atom is 0.131 e. The highest BCUT2D eigenvalue weighted by Crippen LogP contribution is 2.69.